The minimum absolute atomic E-state index is 0.246. The number of aryl methyl sites for hydroxylation is 3. The Balaban J connectivity index is 1.70. The van der Waals surface area contributed by atoms with Crippen LogP contribution in [0, 0.1) is 20.8 Å². The third-order valence-electron chi connectivity index (χ3n) is 4.16. The van der Waals surface area contributed by atoms with E-state index in [2.05, 4.69) is 10.5 Å². The number of benzene rings is 2. The zero-order chi connectivity index (χ0) is 20.8. The Morgan fingerprint density at radius 2 is 1.83 bits per heavy atom. The maximum Gasteiger partial charge on any atom is 0.345 e. The summed E-state index contributed by atoms with van der Waals surface area (Å²) in [6.07, 6.45) is -1.15. The summed E-state index contributed by atoms with van der Waals surface area (Å²) in [5.74, 6) is 0.197. The zero-order valence-electron chi connectivity index (χ0n) is 16.5. The van der Waals surface area contributed by atoms with Gasteiger partial charge < -0.3 is 19.3 Å². The summed E-state index contributed by atoms with van der Waals surface area (Å²) in [6.45, 7) is 5.22. The molecule has 3 aromatic rings. The Morgan fingerprint density at radius 1 is 1.07 bits per heavy atom. The van der Waals surface area contributed by atoms with E-state index in [0.717, 1.165) is 11.1 Å². The predicted molar refractivity (Wildman–Crippen MR) is 107 cm³/mol. The van der Waals surface area contributed by atoms with Crippen LogP contribution in [0.5, 0.6) is 5.75 Å². The van der Waals surface area contributed by atoms with E-state index >= 15 is 0 Å². The molecule has 0 aliphatic carbocycles. The van der Waals surface area contributed by atoms with Crippen molar-refractivity contribution in [2.75, 3.05) is 11.9 Å². The Morgan fingerprint density at radius 3 is 2.52 bits per heavy atom. The zero-order valence-corrected chi connectivity index (χ0v) is 16.5. The molecule has 7 nitrogen and oxygen atoms in total. The second-order valence-electron chi connectivity index (χ2n) is 6.65. The molecule has 1 unspecified atom stereocenters. The molecule has 1 aromatic heterocycles. The Hall–Kier alpha value is -3.61. The summed E-state index contributed by atoms with van der Waals surface area (Å²) in [5, 5.41) is 6.33. The minimum atomic E-state index is -1.15. The fourth-order valence-corrected chi connectivity index (χ4v) is 2.68. The van der Waals surface area contributed by atoms with Gasteiger partial charge in [0.1, 0.15) is 11.5 Å². The molecule has 0 fully saturated rings. The van der Waals surface area contributed by atoms with Crippen molar-refractivity contribution in [3.63, 3.8) is 0 Å². The number of aromatic nitrogens is 1. The first kappa shape index (κ1) is 20.1. The fraction of sp³-hybridized carbons (Fsp3) is 0.227. The second-order valence-corrected chi connectivity index (χ2v) is 6.65. The lowest BCUT2D eigenvalue weighted by Crippen LogP contribution is -2.28. The molecule has 29 heavy (non-hydrogen) atoms. The van der Waals surface area contributed by atoms with E-state index in [1.807, 2.05) is 38.1 Å². The number of carbonyl (C=O) groups is 2. The van der Waals surface area contributed by atoms with Crippen molar-refractivity contribution >= 4 is 17.7 Å². The molecule has 1 heterocycles. The number of esters is 1. The van der Waals surface area contributed by atoms with Crippen LogP contribution in [-0.4, -0.2) is 23.6 Å². The standard InChI is InChI=1S/C22H22N2O5/c1-14-9-10-15(2)18(11-14)27-13-20(25)28-21(17-7-5-4-6-8-17)22(26)23-19-12-16(3)29-24-19/h4-12,21H,13H2,1-3H3,(H,23,24,26). The van der Waals surface area contributed by atoms with Crippen molar-refractivity contribution in [3.8, 4) is 5.75 Å². The molecule has 1 atom stereocenters. The quantitative estimate of drug-likeness (QED) is 0.611. The normalized spacial score (nSPS) is 11.6. The van der Waals surface area contributed by atoms with Crippen molar-refractivity contribution in [1.82, 2.24) is 5.16 Å². The average molecular weight is 394 g/mol. The van der Waals surface area contributed by atoms with Gasteiger partial charge in [0.2, 0.25) is 6.10 Å². The monoisotopic (exact) mass is 394 g/mol. The van der Waals surface area contributed by atoms with Crippen LogP contribution in [0.1, 0.15) is 28.6 Å². The molecule has 3 rings (SSSR count). The van der Waals surface area contributed by atoms with Crippen LogP contribution in [0.15, 0.2) is 59.1 Å². The molecule has 1 amide bonds. The SMILES string of the molecule is Cc1ccc(C)c(OCC(=O)OC(C(=O)Nc2cc(C)on2)c2ccccc2)c1. The van der Waals surface area contributed by atoms with Crippen molar-refractivity contribution < 1.29 is 23.6 Å². The van der Waals surface area contributed by atoms with Gasteiger partial charge in [0.15, 0.2) is 12.4 Å². The highest BCUT2D eigenvalue weighted by atomic mass is 16.6. The van der Waals surface area contributed by atoms with Gasteiger partial charge in [0.25, 0.3) is 5.91 Å². The van der Waals surface area contributed by atoms with Gasteiger partial charge in [-0.15, -0.1) is 0 Å². The van der Waals surface area contributed by atoms with Crippen LogP contribution < -0.4 is 10.1 Å². The lowest BCUT2D eigenvalue weighted by Gasteiger charge is -2.18. The third-order valence-corrected chi connectivity index (χ3v) is 4.16. The number of anilines is 1. The number of hydrogen-bond acceptors (Lipinski definition) is 6. The van der Waals surface area contributed by atoms with E-state index in [-0.39, 0.29) is 12.4 Å². The van der Waals surface area contributed by atoms with E-state index in [1.54, 1.807) is 37.3 Å². The Bertz CT molecular complexity index is 997. The topological polar surface area (TPSA) is 90.7 Å². The van der Waals surface area contributed by atoms with Crippen LogP contribution in [0.2, 0.25) is 0 Å². The van der Waals surface area contributed by atoms with Crippen LogP contribution >= 0.6 is 0 Å². The lowest BCUT2D eigenvalue weighted by atomic mass is 10.1. The number of nitrogens with one attached hydrogen (secondary N) is 1. The summed E-state index contributed by atoms with van der Waals surface area (Å²) in [5.41, 5.74) is 2.45. The molecule has 0 saturated carbocycles. The number of amides is 1. The Kier molecular flexibility index (Phi) is 6.29. The van der Waals surface area contributed by atoms with Gasteiger partial charge in [0.05, 0.1) is 0 Å². The van der Waals surface area contributed by atoms with Gasteiger partial charge in [-0.25, -0.2) is 4.79 Å². The number of rotatable bonds is 7. The van der Waals surface area contributed by atoms with Gasteiger partial charge in [0, 0.05) is 11.6 Å². The molecule has 0 radical (unpaired) electrons. The summed E-state index contributed by atoms with van der Waals surface area (Å²) in [6, 6.07) is 16.0. The molecule has 7 heteroatoms. The van der Waals surface area contributed by atoms with Crippen LogP contribution in [0.3, 0.4) is 0 Å². The fourth-order valence-electron chi connectivity index (χ4n) is 2.68. The summed E-state index contributed by atoms with van der Waals surface area (Å²) < 4.78 is 16.0. The molecular weight excluding hydrogens is 372 g/mol. The first-order chi connectivity index (χ1) is 13.9. The van der Waals surface area contributed by atoms with Crippen LogP contribution in [-0.2, 0) is 14.3 Å². The van der Waals surface area contributed by atoms with Crippen molar-refractivity contribution in [3.05, 3.63) is 77.0 Å². The highest BCUT2D eigenvalue weighted by Crippen LogP contribution is 2.22. The van der Waals surface area contributed by atoms with E-state index in [4.69, 9.17) is 14.0 Å². The molecule has 0 aliphatic rings. The van der Waals surface area contributed by atoms with Crippen molar-refractivity contribution in [2.45, 2.75) is 26.9 Å². The maximum absolute atomic E-state index is 12.7. The first-order valence-electron chi connectivity index (χ1n) is 9.11. The predicted octanol–water partition coefficient (Wildman–Crippen LogP) is 3.90. The number of nitrogens with zero attached hydrogens (tertiary/aromatic N) is 1. The van der Waals surface area contributed by atoms with Crippen LogP contribution in [0.4, 0.5) is 5.82 Å². The van der Waals surface area contributed by atoms with Gasteiger partial charge in [-0.1, -0.05) is 47.6 Å². The maximum atomic E-state index is 12.7. The summed E-state index contributed by atoms with van der Waals surface area (Å²) >= 11 is 0. The van der Waals surface area contributed by atoms with Crippen molar-refractivity contribution in [2.24, 2.45) is 0 Å². The summed E-state index contributed by atoms with van der Waals surface area (Å²) in [4.78, 5) is 25.1. The second kappa shape index (κ2) is 9.05. The molecule has 0 bridgehead atoms. The van der Waals surface area contributed by atoms with Gasteiger partial charge in [-0.05, 0) is 38.0 Å². The molecular formula is C22H22N2O5. The lowest BCUT2D eigenvalue weighted by molar-refractivity contribution is -0.156. The number of hydrogen-bond donors (Lipinski definition) is 1. The molecule has 0 saturated heterocycles. The molecule has 2 aromatic carbocycles. The number of ether oxygens (including phenoxy) is 2. The van der Waals surface area contributed by atoms with E-state index < -0.39 is 18.0 Å². The van der Waals surface area contributed by atoms with Crippen molar-refractivity contribution in [1.29, 1.82) is 0 Å². The minimum Gasteiger partial charge on any atom is -0.482 e. The largest absolute Gasteiger partial charge is 0.482 e. The van der Waals surface area contributed by atoms with E-state index in [1.165, 1.54) is 0 Å². The van der Waals surface area contributed by atoms with E-state index in [9.17, 15) is 9.59 Å². The molecule has 0 aliphatic heterocycles. The van der Waals surface area contributed by atoms with Gasteiger partial charge in [-0.2, -0.15) is 0 Å². The molecule has 150 valence electrons. The van der Waals surface area contributed by atoms with Gasteiger partial charge in [-0.3, -0.25) is 4.79 Å². The van der Waals surface area contributed by atoms with Crippen LogP contribution in [0.25, 0.3) is 0 Å². The smallest absolute Gasteiger partial charge is 0.345 e. The first-order valence-corrected chi connectivity index (χ1v) is 9.11. The van der Waals surface area contributed by atoms with E-state index in [0.29, 0.717) is 17.1 Å². The average Bonchev–Trinajstić information content (AvgIpc) is 3.12. The number of carbonyl (C=O) groups excluding carboxylic acids is 2. The highest BCUT2D eigenvalue weighted by Gasteiger charge is 2.26. The third kappa shape index (κ3) is 5.44. The van der Waals surface area contributed by atoms with Gasteiger partial charge >= 0.3 is 5.97 Å². The Labute approximate surface area is 168 Å². The molecule has 1 N–H and O–H groups in total. The molecule has 0 spiro atoms. The highest BCUT2D eigenvalue weighted by molar-refractivity contribution is 5.95. The summed E-state index contributed by atoms with van der Waals surface area (Å²) in [7, 11) is 0.